The molecule has 3 aromatic rings. The summed E-state index contributed by atoms with van der Waals surface area (Å²) in [7, 11) is 0. The fourth-order valence-electron chi connectivity index (χ4n) is 2.03. The maximum atomic E-state index is 12.2. The van der Waals surface area contributed by atoms with E-state index >= 15 is 0 Å². The molecule has 0 spiro atoms. The van der Waals surface area contributed by atoms with Crippen LogP contribution >= 0.6 is 0 Å². The highest BCUT2D eigenvalue weighted by Crippen LogP contribution is 2.19. The fourth-order valence-corrected chi connectivity index (χ4v) is 2.03. The second-order valence-electron chi connectivity index (χ2n) is 4.53. The Morgan fingerprint density at radius 1 is 1.19 bits per heavy atom. The summed E-state index contributed by atoms with van der Waals surface area (Å²) in [4.78, 5) is 26.0. The van der Waals surface area contributed by atoms with Gasteiger partial charge in [-0.3, -0.25) is 4.79 Å². The van der Waals surface area contributed by atoms with Crippen LogP contribution < -0.4 is 5.32 Å². The van der Waals surface area contributed by atoms with Gasteiger partial charge in [-0.2, -0.15) is 15.4 Å². The number of anilines is 1. The average Bonchev–Trinajstić information content (AvgIpc) is 3.04. The number of H-pyrrole nitrogens is 2. The van der Waals surface area contributed by atoms with E-state index in [1.807, 2.05) is 0 Å². The lowest BCUT2D eigenvalue weighted by atomic mass is 10.2. The first-order valence-electron chi connectivity index (χ1n) is 6.09. The van der Waals surface area contributed by atoms with Crippen LogP contribution in [-0.4, -0.2) is 37.4 Å². The Kier molecular flexibility index (Phi) is 2.90. The van der Waals surface area contributed by atoms with E-state index in [2.05, 4.69) is 25.7 Å². The molecule has 0 radical (unpaired) electrons. The number of hydrogen-bond acceptors (Lipinski definition) is 4. The monoisotopic (exact) mass is 285 g/mol. The van der Waals surface area contributed by atoms with Crippen molar-refractivity contribution in [3.05, 3.63) is 41.2 Å². The molecule has 8 heteroatoms. The highest BCUT2D eigenvalue weighted by Gasteiger charge is 2.16. The van der Waals surface area contributed by atoms with E-state index in [0.29, 0.717) is 22.3 Å². The maximum Gasteiger partial charge on any atom is 0.354 e. The van der Waals surface area contributed by atoms with E-state index < -0.39 is 11.9 Å². The number of nitrogens with one attached hydrogen (secondary N) is 3. The topological polar surface area (TPSA) is 124 Å². The zero-order valence-corrected chi connectivity index (χ0v) is 11.0. The number of nitrogens with zero attached hydrogens (tertiary/aromatic N) is 2. The lowest BCUT2D eigenvalue weighted by Crippen LogP contribution is -2.14. The zero-order chi connectivity index (χ0) is 15.0. The number of carbonyl (C=O) groups excluding carboxylic acids is 1. The normalized spacial score (nSPS) is 10.7. The van der Waals surface area contributed by atoms with Gasteiger partial charge in [0.2, 0.25) is 0 Å². The Bertz CT molecular complexity index is 848. The van der Waals surface area contributed by atoms with Crippen LogP contribution in [-0.2, 0) is 0 Å². The molecule has 1 amide bonds. The van der Waals surface area contributed by atoms with Crippen molar-refractivity contribution < 1.29 is 14.7 Å². The van der Waals surface area contributed by atoms with Gasteiger partial charge in [0.25, 0.3) is 5.91 Å². The van der Waals surface area contributed by atoms with Gasteiger partial charge >= 0.3 is 5.97 Å². The first kappa shape index (κ1) is 12.9. The summed E-state index contributed by atoms with van der Waals surface area (Å²) in [6.07, 6.45) is 0. The van der Waals surface area contributed by atoms with Crippen LogP contribution in [0.2, 0.25) is 0 Å². The number of amides is 1. The standard InChI is InChI=1S/C13H11N5O3/c1-6-4-10(11(14-6)13(20)21)15-12(19)7-2-3-8-9(5-7)17-18-16-8/h2-5,14H,1H3,(H,15,19)(H,20,21)(H,16,17,18). The second kappa shape index (κ2) is 4.75. The molecule has 0 aliphatic rings. The molecule has 8 nitrogen and oxygen atoms in total. The van der Waals surface area contributed by atoms with E-state index in [1.165, 1.54) is 0 Å². The van der Waals surface area contributed by atoms with Crippen LogP contribution in [0, 0.1) is 6.92 Å². The molecule has 106 valence electrons. The van der Waals surface area contributed by atoms with Gasteiger partial charge in [-0.05, 0) is 31.2 Å². The van der Waals surface area contributed by atoms with E-state index in [1.54, 1.807) is 31.2 Å². The summed E-state index contributed by atoms with van der Waals surface area (Å²) < 4.78 is 0. The van der Waals surface area contributed by atoms with Gasteiger partial charge in [0.05, 0.1) is 5.69 Å². The predicted molar refractivity (Wildman–Crippen MR) is 74.3 cm³/mol. The van der Waals surface area contributed by atoms with E-state index in [9.17, 15) is 9.59 Å². The van der Waals surface area contributed by atoms with Crippen LogP contribution in [0.3, 0.4) is 0 Å². The van der Waals surface area contributed by atoms with Crippen molar-refractivity contribution >= 4 is 28.6 Å². The third-order valence-electron chi connectivity index (χ3n) is 2.99. The van der Waals surface area contributed by atoms with Gasteiger partial charge in [0.1, 0.15) is 16.7 Å². The number of aromatic nitrogens is 4. The summed E-state index contributed by atoms with van der Waals surface area (Å²) in [5.41, 5.74) is 2.40. The molecule has 3 rings (SSSR count). The first-order valence-corrected chi connectivity index (χ1v) is 6.09. The second-order valence-corrected chi connectivity index (χ2v) is 4.53. The number of carbonyl (C=O) groups is 2. The number of aromatic amines is 2. The highest BCUT2D eigenvalue weighted by molar-refractivity contribution is 6.08. The highest BCUT2D eigenvalue weighted by atomic mass is 16.4. The fraction of sp³-hybridized carbons (Fsp3) is 0.0769. The van der Waals surface area contributed by atoms with Crippen molar-refractivity contribution in [3.8, 4) is 0 Å². The van der Waals surface area contributed by atoms with E-state index in [4.69, 9.17) is 5.11 Å². The van der Waals surface area contributed by atoms with Crippen LogP contribution in [0.1, 0.15) is 26.5 Å². The number of fused-ring (bicyclic) bond motifs is 1. The summed E-state index contributed by atoms with van der Waals surface area (Å²) in [6.45, 7) is 1.71. The number of aromatic carboxylic acids is 1. The molecular formula is C13H11N5O3. The number of rotatable bonds is 3. The Morgan fingerprint density at radius 2 is 1.95 bits per heavy atom. The first-order chi connectivity index (χ1) is 10.0. The van der Waals surface area contributed by atoms with Gasteiger partial charge < -0.3 is 15.4 Å². The molecule has 2 heterocycles. The molecule has 0 saturated heterocycles. The number of hydrogen-bond donors (Lipinski definition) is 4. The smallest absolute Gasteiger partial charge is 0.354 e. The number of aryl methyl sites for hydroxylation is 1. The van der Waals surface area contributed by atoms with E-state index in [0.717, 1.165) is 0 Å². The number of benzene rings is 1. The molecule has 0 bridgehead atoms. The summed E-state index contributed by atoms with van der Waals surface area (Å²) >= 11 is 0. The van der Waals surface area contributed by atoms with Crippen molar-refractivity contribution in [1.82, 2.24) is 20.4 Å². The zero-order valence-electron chi connectivity index (χ0n) is 11.0. The van der Waals surface area contributed by atoms with Crippen LogP contribution in [0.15, 0.2) is 24.3 Å². The van der Waals surface area contributed by atoms with Gasteiger partial charge in [0.15, 0.2) is 0 Å². The minimum Gasteiger partial charge on any atom is -0.477 e. The van der Waals surface area contributed by atoms with Crippen molar-refractivity contribution in [2.45, 2.75) is 6.92 Å². The minimum atomic E-state index is -1.13. The Labute approximate surface area is 118 Å². The van der Waals surface area contributed by atoms with Crippen molar-refractivity contribution in [2.75, 3.05) is 5.32 Å². The molecule has 0 atom stereocenters. The molecule has 2 aromatic heterocycles. The Balaban J connectivity index is 1.90. The average molecular weight is 285 g/mol. The van der Waals surface area contributed by atoms with Gasteiger partial charge in [0, 0.05) is 11.3 Å². The molecule has 0 fully saturated rings. The molecule has 21 heavy (non-hydrogen) atoms. The predicted octanol–water partition coefficient (Wildman–Crippen LogP) is 1.54. The number of carboxylic acids is 1. The van der Waals surface area contributed by atoms with Crippen molar-refractivity contribution in [1.29, 1.82) is 0 Å². The van der Waals surface area contributed by atoms with Crippen LogP contribution in [0.25, 0.3) is 11.0 Å². The summed E-state index contributed by atoms with van der Waals surface area (Å²) in [5.74, 6) is -1.55. The molecule has 0 aliphatic heterocycles. The summed E-state index contributed by atoms with van der Waals surface area (Å²) in [5, 5.41) is 21.9. The molecule has 1 aromatic carbocycles. The van der Waals surface area contributed by atoms with Gasteiger partial charge in [-0.25, -0.2) is 4.79 Å². The summed E-state index contributed by atoms with van der Waals surface area (Å²) in [6, 6.07) is 6.40. The minimum absolute atomic E-state index is 0.0524. The third-order valence-corrected chi connectivity index (χ3v) is 2.99. The Hall–Kier alpha value is -3.16. The van der Waals surface area contributed by atoms with Gasteiger partial charge in [-0.15, -0.1) is 0 Å². The van der Waals surface area contributed by atoms with Crippen LogP contribution in [0.4, 0.5) is 5.69 Å². The molecule has 0 unspecified atom stereocenters. The lowest BCUT2D eigenvalue weighted by molar-refractivity contribution is 0.0692. The lowest BCUT2D eigenvalue weighted by Gasteiger charge is -2.04. The maximum absolute atomic E-state index is 12.2. The largest absolute Gasteiger partial charge is 0.477 e. The van der Waals surface area contributed by atoms with Gasteiger partial charge in [-0.1, -0.05) is 0 Å². The Morgan fingerprint density at radius 3 is 2.71 bits per heavy atom. The molecule has 0 saturated carbocycles. The van der Waals surface area contributed by atoms with E-state index in [-0.39, 0.29) is 11.4 Å². The SMILES string of the molecule is Cc1cc(NC(=O)c2ccc3n[nH]nc3c2)c(C(=O)O)[nH]1. The van der Waals surface area contributed by atoms with Crippen molar-refractivity contribution in [3.63, 3.8) is 0 Å². The molecular weight excluding hydrogens is 274 g/mol. The molecule has 4 N–H and O–H groups in total. The van der Waals surface area contributed by atoms with Crippen molar-refractivity contribution in [2.24, 2.45) is 0 Å². The number of carboxylic acid groups (broad SMARTS) is 1. The molecule has 0 aliphatic carbocycles. The van der Waals surface area contributed by atoms with Crippen LogP contribution in [0.5, 0.6) is 0 Å². The third kappa shape index (κ3) is 2.34. The quantitative estimate of drug-likeness (QED) is 0.581.